The summed E-state index contributed by atoms with van der Waals surface area (Å²) < 4.78 is 0. The third kappa shape index (κ3) is 5.16. The Morgan fingerprint density at radius 2 is 1.19 bits per heavy atom. The molecule has 0 bridgehead atoms. The topological polar surface area (TPSA) is 38.7 Å². The minimum Gasteiger partial charge on any atom is -0.264 e. The van der Waals surface area contributed by atoms with E-state index < -0.39 is 0 Å². The van der Waals surface area contributed by atoms with Crippen LogP contribution in [-0.4, -0.2) is 15.0 Å². The van der Waals surface area contributed by atoms with E-state index in [1.165, 1.54) is 43.8 Å². The summed E-state index contributed by atoms with van der Waals surface area (Å²) in [4.78, 5) is 14.9. The molecule has 226 valence electrons. The van der Waals surface area contributed by atoms with Crippen LogP contribution >= 0.6 is 0 Å². The van der Waals surface area contributed by atoms with Crippen LogP contribution in [0.5, 0.6) is 0 Å². The van der Waals surface area contributed by atoms with Crippen molar-refractivity contribution in [3.8, 4) is 56.2 Å². The van der Waals surface area contributed by atoms with E-state index >= 15 is 0 Å². The first-order valence-corrected chi connectivity index (χ1v) is 16.5. The molecule has 0 fully saturated rings. The highest BCUT2D eigenvalue weighted by atomic mass is 14.9. The fraction of sp³-hybridized carbons (Fsp3) is 0.0444. The molecule has 0 amide bonds. The summed E-state index contributed by atoms with van der Waals surface area (Å²) in [7, 11) is 0. The number of fused-ring (bicyclic) bond motifs is 4. The van der Waals surface area contributed by atoms with Crippen LogP contribution in [0.2, 0.25) is 0 Å². The number of hydrogen-bond acceptors (Lipinski definition) is 3. The minimum absolute atomic E-state index is 0.755. The Labute approximate surface area is 280 Å². The van der Waals surface area contributed by atoms with Crippen molar-refractivity contribution in [2.24, 2.45) is 0 Å². The van der Waals surface area contributed by atoms with Gasteiger partial charge in [0.1, 0.15) is 0 Å². The van der Waals surface area contributed by atoms with Crippen molar-refractivity contribution in [3.05, 3.63) is 169 Å². The van der Waals surface area contributed by atoms with Crippen LogP contribution in [0, 0.1) is 0 Å². The molecule has 1 aliphatic carbocycles. The summed E-state index contributed by atoms with van der Waals surface area (Å²) in [5, 5.41) is 4.97. The van der Waals surface area contributed by atoms with E-state index in [4.69, 9.17) is 9.97 Å². The van der Waals surface area contributed by atoms with E-state index in [1.807, 2.05) is 12.3 Å². The lowest BCUT2D eigenvalue weighted by atomic mass is 9.87. The van der Waals surface area contributed by atoms with Crippen LogP contribution in [0.15, 0.2) is 158 Å². The predicted molar refractivity (Wildman–Crippen MR) is 199 cm³/mol. The quantitative estimate of drug-likeness (QED) is 0.194. The fourth-order valence-corrected chi connectivity index (χ4v) is 6.96. The molecular formula is C45H31N3. The Morgan fingerprint density at radius 3 is 2.04 bits per heavy atom. The van der Waals surface area contributed by atoms with Gasteiger partial charge in [0.25, 0.3) is 0 Å². The molecule has 3 heteroatoms. The molecule has 8 aromatic rings. The summed E-state index contributed by atoms with van der Waals surface area (Å²) in [6.45, 7) is 0. The van der Waals surface area contributed by atoms with Gasteiger partial charge in [0.15, 0.2) is 5.82 Å². The molecule has 0 radical (unpaired) electrons. The van der Waals surface area contributed by atoms with Crippen LogP contribution in [0.3, 0.4) is 0 Å². The van der Waals surface area contributed by atoms with Crippen molar-refractivity contribution in [1.82, 2.24) is 15.0 Å². The first-order valence-electron chi connectivity index (χ1n) is 16.5. The highest BCUT2D eigenvalue weighted by molar-refractivity contribution is 5.97. The number of aromatic nitrogens is 3. The average Bonchev–Trinajstić information content (AvgIpc) is 3.17. The van der Waals surface area contributed by atoms with E-state index in [2.05, 4.69) is 151 Å². The fourth-order valence-electron chi connectivity index (χ4n) is 6.96. The van der Waals surface area contributed by atoms with Gasteiger partial charge in [-0.1, -0.05) is 121 Å². The van der Waals surface area contributed by atoms with Crippen molar-refractivity contribution in [1.29, 1.82) is 0 Å². The molecule has 0 saturated heterocycles. The number of pyridine rings is 1. The zero-order valence-corrected chi connectivity index (χ0v) is 26.3. The van der Waals surface area contributed by atoms with Gasteiger partial charge >= 0.3 is 0 Å². The lowest BCUT2D eigenvalue weighted by Gasteiger charge is -2.19. The highest BCUT2D eigenvalue weighted by Gasteiger charge is 2.19. The number of hydrogen-bond donors (Lipinski definition) is 0. The van der Waals surface area contributed by atoms with Crippen LogP contribution in [0.25, 0.3) is 83.8 Å². The molecule has 0 aliphatic heterocycles. The molecule has 3 nitrogen and oxygen atoms in total. The highest BCUT2D eigenvalue weighted by Crippen LogP contribution is 2.38. The van der Waals surface area contributed by atoms with Crippen LogP contribution < -0.4 is 0 Å². The van der Waals surface area contributed by atoms with E-state index in [0.717, 1.165) is 57.9 Å². The van der Waals surface area contributed by atoms with Crippen molar-refractivity contribution < 1.29 is 0 Å². The molecule has 2 heterocycles. The smallest absolute Gasteiger partial charge is 0.160 e. The van der Waals surface area contributed by atoms with Crippen molar-refractivity contribution >= 4 is 27.6 Å². The Kier molecular flexibility index (Phi) is 6.94. The van der Waals surface area contributed by atoms with Gasteiger partial charge in [0, 0.05) is 34.6 Å². The van der Waals surface area contributed by atoms with Crippen LogP contribution in [-0.2, 0) is 6.42 Å². The van der Waals surface area contributed by atoms with E-state index in [-0.39, 0.29) is 0 Å². The molecule has 2 aromatic heterocycles. The molecule has 6 aromatic carbocycles. The predicted octanol–water partition coefficient (Wildman–Crippen LogP) is 11.5. The van der Waals surface area contributed by atoms with Gasteiger partial charge < -0.3 is 0 Å². The van der Waals surface area contributed by atoms with Gasteiger partial charge in [0.2, 0.25) is 0 Å². The first-order chi connectivity index (χ1) is 23.8. The van der Waals surface area contributed by atoms with Gasteiger partial charge in [-0.15, -0.1) is 0 Å². The Hall–Kier alpha value is -6.19. The molecular weight excluding hydrogens is 583 g/mol. The summed E-state index contributed by atoms with van der Waals surface area (Å²) >= 11 is 0. The van der Waals surface area contributed by atoms with E-state index in [1.54, 1.807) is 6.20 Å². The minimum atomic E-state index is 0.755. The maximum atomic E-state index is 5.29. The van der Waals surface area contributed by atoms with Gasteiger partial charge in [-0.25, -0.2) is 9.97 Å². The second-order valence-corrected chi connectivity index (χ2v) is 12.4. The molecule has 0 N–H and O–H groups in total. The zero-order chi connectivity index (χ0) is 31.9. The molecule has 0 saturated carbocycles. The number of nitrogens with zero attached hydrogens (tertiary/aromatic N) is 3. The van der Waals surface area contributed by atoms with E-state index in [9.17, 15) is 0 Å². The van der Waals surface area contributed by atoms with Gasteiger partial charge in [-0.2, -0.15) is 0 Å². The van der Waals surface area contributed by atoms with Gasteiger partial charge in [-0.3, -0.25) is 4.98 Å². The maximum Gasteiger partial charge on any atom is 0.160 e. The van der Waals surface area contributed by atoms with Gasteiger partial charge in [0.05, 0.1) is 11.4 Å². The molecule has 0 spiro atoms. The second-order valence-electron chi connectivity index (χ2n) is 12.4. The van der Waals surface area contributed by atoms with Gasteiger partial charge in [-0.05, 0) is 92.5 Å². The number of benzene rings is 6. The Morgan fingerprint density at radius 1 is 0.479 bits per heavy atom. The monoisotopic (exact) mass is 613 g/mol. The molecule has 9 rings (SSSR count). The van der Waals surface area contributed by atoms with Crippen molar-refractivity contribution in [3.63, 3.8) is 0 Å². The molecule has 1 aliphatic rings. The number of allylic oxidation sites excluding steroid dienone is 1. The van der Waals surface area contributed by atoms with Crippen molar-refractivity contribution in [2.45, 2.75) is 12.8 Å². The normalized spacial score (nSPS) is 12.3. The number of rotatable bonds is 5. The van der Waals surface area contributed by atoms with Crippen molar-refractivity contribution in [2.75, 3.05) is 0 Å². The average molecular weight is 614 g/mol. The third-order valence-electron chi connectivity index (χ3n) is 9.43. The summed E-state index contributed by atoms with van der Waals surface area (Å²) in [5.74, 6) is 0.755. The Bertz CT molecular complexity index is 2500. The lowest BCUT2D eigenvalue weighted by Crippen LogP contribution is -2.03. The van der Waals surface area contributed by atoms with E-state index in [0.29, 0.717) is 0 Å². The maximum absolute atomic E-state index is 5.29. The zero-order valence-electron chi connectivity index (χ0n) is 26.3. The third-order valence-corrected chi connectivity index (χ3v) is 9.43. The Balaban J connectivity index is 1.20. The molecule has 48 heavy (non-hydrogen) atoms. The summed E-state index contributed by atoms with van der Waals surface area (Å²) in [6, 6.07) is 49.6. The lowest BCUT2D eigenvalue weighted by molar-refractivity contribution is 0.986. The van der Waals surface area contributed by atoms with Crippen LogP contribution in [0.1, 0.15) is 17.5 Å². The van der Waals surface area contributed by atoms with Crippen LogP contribution in [0.4, 0.5) is 0 Å². The summed E-state index contributed by atoms with van der Waals surface area (Å²) in [6.07, 6.45) is 10.2. The SMILES string of the molecule is C1=Cc2c(c(-c3nc(-c4ccc(-c5ccc6ccccc6c5)cc4)cc(-c4cccc(-c5cccnc5)c4)n3)cc3ccccc23)CC1. The molecule has 0 atom stereocenters. The largest absolute Gasteiger partial charge is 0.264 e. The summed E-state index contributed by atoms with van der Waals surface area (Å²) in [5.41, 5.74) is 12.2. The standard InChI is InChI=1S/C45H31N3/c1-2-10-33-25-35(23-20-30(33)9-1)31-18-21-32(22-19-31)43-28-44(37-13-7-12-34(26-37)38-14-8-24-46-29-38)48-45(47-43)42-27-36-11-3-4-15-39(36)40-16-5-6-17-41(40)42/h1-5,7-16,18-29H,6,17H2. The first kappa shape index (κ1) is 28.1. The molecule has 0 unspecified atom stereocenters. The second kappa shape index (κ2) is 11.9.